The van der Waals surface area contributed by atoms with Crippen molar-refractivity contribution in [3.05, 3.63) is 65.2 Å². The lowest BCUT2D eigenvalue weighted by atomic mass is 9.86. The molecule has 1 amide bonds. The van der Waals surface area contributed by atoms with Crippen molar-refractivity contribution in [1.82, 2.24) is 5.32 Å². The summed E-state index contributed by atoms with van der Waals surface area (Å²) in [6.45, 7) is 12.7. The van der Waals surface area contributed by atoms with E-state index in [1.54, 1.807) is 11.8 Å². The molecular formula is C22H29NOS. The molecule has 0 aliphatic heterocycles. The largest absolute Gasteiger partial charge is 0.349 e. The van der Waals surface area contributed by atoms with Crippen LogP contribution in [0.4, 0.5) is 0 Å². The molecule has 2 rings (SSSR count). The van der Waals surface area contributed by atoms with Crippen LogP contribution in [0.1, 0.15) is 57.4 Å². The molecule has 0 saturated heterocycles. The molecule has 3 heteroatoms. The van der Waals surface area contributed by atoms with Crippen LogP contribution in [-0.2, 0) is 10.2 Å². The van der Waals surface area contributed by atoms with Crippen LogP contribution in [0.3, 0.4) is 0 Å². The zero-order valence-electron chi connectivity index (χ0n) is 16.1. The number of hydrogen-bond acceptors (Lipinski definition) is 2. The predicted molar refractivity (Wildman–Crippen MR) is 108 cm³/mol. The molecule has 2 nitrogen and oxygen atoms in total. The summed E-state index contributed by atoms with van der Waals surface area (Å²) in [6, 6.07) is 16.8. The summed E-state index contributed by atoms with van der Waals surface area (Å²) in [5.41, 5.74) is 3.81. The van der Waals surface area contributed by atoms with Crippen molar-refractivity contribution in [3.8, 4) is 0 Å². The molecule has 25 heavy (non-hydrogen) atoms. The predicted octanol–water partition coefficient (Wildman–Crippen LogP) is 5.65. The molecular weight excluding hydrogens is 326 g/mol. The maximum atomic E-state index is 12.5. The van der Waals surface area contributed by atoms with E-state index < -0.39 is 0 Å². The SMILES string of the molecule is Cc1ccc(SC(C)C(=O)NC(C)c2ccc(C(C)(C)C)cc2)cc1. The van der Waals surface area contributed by atoms with E-state index in [-0.39, 0.29) is 22.6 Å². The molecule has 0 heterocycles. The highest BCUT2D eigenvalue weighted by molar-refractivity contribution is 8.00. The average molecular weight is 356 g/mol. The summed E-state index contributed by atoms with van der Waals surface area (Å²) in [6.07, 6.45) is 0. The highest BCUT2D eigenvalue weighted by atomic mass is 32.2. The van der Waals surface area contributed by atoms with Crippen LogP contribution in [0, 0.1) is 6.92 Å². The van der Waals surface area contributed by atoms with Gasteiger partial charge in [0, 0.05) is 4.90 Å². The lowest BCUT2D eigenvalue weighted by Gasteiger charge is -2.21. The Hall–Kier alpha value is -1.74. The normalized spacial score (nSPS) is 14.0. The molecule has 0 spiro atoms. The van der Waals surface area contributed by atoms with Crippen molar-refractivity contribution < 1.29 is 4.79 Å². The third kappa shape index (κ3) is 5.64. The molecule has 0 radical (unpaired) electrons. The van der Waals surface area contributed by atoms with Gasteiger partial charge in [-0.15, -0.1) is 11.8 Å². The smallest absolute Gasteiger partial charge is 0.233 e. The van der Waals surface area contributed by atoms with Gasteiger partial charge in [-0.1, -0.05) is 62.7 Å². The minimum Gasteiger partial charge on any atom is -0.349 e. The number of hydrogen-bond donors (Lipinski definition) is 1. The fraction of sp³-hybridized carbons (Fsp3) is 0.409. The number of carbonyl (C=O) groups excluding carboxylic acids is 1. The molecule has 2 unspecified atom stereocenters. The van der Waals surface area contributed by atoms with Gasteiger partial charge in [-0.25, -0.2) is 0 Å². The van der Waals surface area contributed by atoms with E-state index >= 15 is 0 Å². The van der Waals surface area contributed by atoms with Crippen molar-refractivity contribution in [2.45, 2.75) is 63.1 Å². The van der Waals surface area contributed by atoms with E-state index in [1.807, 2.05) is 13.8 Å². The molecule has 2 aromatic carbocycles. The molecule has 0 saturated carbocycles. The van der Waals surface area contributed by atoms with E-state index in [2.05, 4.69) is 81.5 Å². The Kier molecular flexibility index (Phi) is 6.34. The van der Waals surface area contributed by atoms with E-state index in [0.29, 0.717) is 0 Å². The molecule has 0 fully saturated rings. The van der Waals surface area contributed by atoms with Crippen LogP contribution in [0.5, 0.6) is 0 Å². The maximum absolute atomic E-state index is 12.5. The first kappa shape index (κ1) is 19.6. The van der Waals surface area contributed by atoms with Gasteiger partial charge in [-0.2, -0.15) is 0 Å². The number of carbonyl (C=O) groups is 1. The lowest BCUT2D eigenvalue weighted by molar-refractivity contribution is -0.120. The van der Waals surface area contributed by atoms with Crippen molar-refractivity contribution in [2.75, 3.05) is 0 Å². The zero-order valence-corrected chi connectivity index (χ0v) is 16.9. The number of benzene rings is 2. The third-order valence-electron chi connectivity index (χ3n) is 4.34. The van der Waals surface area contributed by atoms with Crippen LogP contribution in [0.25, 0.3) is 0 Å². The third-order valence-corrected chi connectivity index (χ3v) is 5.45. The zero-order chi connectivity index (χ0) is 18.6. The van der Waals surface area contributed by atoms with Gasteiger partial charge in [-0.05, 0) is 49.4 Å². The first-order chi connectivity index (χ1) is 11.7. The molecule has 134 valence electrons. The van der Waals surface area contributed by atoms with Gasteiger partial charge in [0.15, 0.2) is 0 Å². The van der Waals surface area contributed by atoms with Gasteiger partial charge >= 0.3 is 0 Å². The molecule has 0 aliphatic rings. The Balaban J connectivity index is 1.95. The molecule has 1 N–H and O–H groups in total. The Morgan fingerprint density at radius 2 is 1.52 bits per heavy atom. The fourth-order valence-electron chi connectivity index (χ4n) is 2.56. The summed E-state index contributed by atoms with van der Waals surface area (Å²) < 4.78 is 0. The number of aryl methyl sites for hydroxylation is 1. The number of thioether (sulfide) groups is 1. The Morgan fingerprint density at radius 1 is 0.960 bits per heavy atom. The Morgan fingerprint density at radius 3 is 2.04 bits per heavy atom. The fourth-order valence-corrected chi connectivity index (χ4v) is 3.44. The Bertz CT molecular complexity index is 698. The summed E-state index contributed by atoms with van der Waals surface area (Å²) in [4.78, 5) is 13.6. The number of rotatable bonds is 5. The van der Waals surface area contributed by atoms with Gasteiger partial charge in [0.05, 0.1) is 11.3 Å². The van der Waals surface area contributed by atoms with Gasteiger partial charge < -0.3 is 5.32 Å². The van der Waals surface area contributed by atoms with Gasteiger partial charge in [0.1, 0.15) is 0 Å². The van der Waals surface area contributed by atoms with Crippen LogP contribution in [-0.4, -0.2) is 11.2 Å². The van der Waals surface area contributed by atoms with Gasteiger partial charge in [-0.3, -0.25) is 4.79 Å². The highest BCUT2D eigenvalue weighted by Gasteiger charge is 2.18. The molecule has 0 aromatic heterocycles. The number of amides is 1. The highest BCUT2D eigenvalue weighted by Crippen LogP contribution is 2.26. The second-order valence-corrected chi connectivity index (χ2v) is 9.09. The van der Waals surface area contributed by atoms with Crippen LogP contribution < -0.4 is 5.32 Å². The minimum atomic E-state index is -0.126. The van der Waals surface area contributed by atoms with E-state index in [4.69, 9.17) is 0 Å². The minimum absolute atomic E-state index is 0.00239. The van der Waals surface area contributed by atoms with Crippen molar-refractivity contribution in [3.63, 3.8) is 0 Å². The van der Waals surface area contributed by atoms with Crippen molar-refractivity contribution in [2.24, 2.45) is 0 Å². The summed E-state index contributed by atoms with van der Waals surface area (Å²) in [7, 11) is 0. The average Bonchev–Trinajstić information content (AvgIpc) is 2.56. The van der Waals surface area contributed by atoms with E-state index in [1.165, 1.54) is 11.1 Å². The molecule has 2 aromatic rings. The summed E-state index contributed by atoms with van der Waals surface area (Å²) in [5.74, 6) is 0.0676. The van der Waals surface area contributed by atoms with Gasteiger partial charge in [0.25, 0.3) is 0 Å². The van der Waals surface area contributed by atoms with Crippen LogP contribution in [0.15, 0.2) is 53.4 Å². The first-order valence-corrected chi connectivity index (χ1v) is 9.69. The first-order valence-electron chi connectivity index (χ1n) is 8.81. The summed E-state index contributed by atoms with van der Waals surface area (Å²) in [5, 5.41) is 3.00. The second-order valence-electron chi connectivity index (χ2n) is 7.68. The standard InChI is InChI=1S/C22H29NOS/c1-15-7-13-20(14-8-15)25-17(3)21(24)23-16(2)18-9-11-19(12-10-18)22(4,5)6/h7-14,16-17H,1-6H3,(H,23,24). The lowest BCUT2D eigenvalue weighted by Crippen LogP contribution is -2.33. The van der Waals surface area contributed by atoms with Gasteiger partial charge in [0.2, 0.25) is 5.91 Å². The van der Waals surface area contributed by atoms with Crippen LogP contribution in [0.2, 0.25) is 0 Å². The monoisotopic (exact) mass is 355 g/mol. The van der Waals surface area contributed by atoms with Crippen molar-refractivity contribution >= 4 is 17.7 Å². The molecule has 0 bridgehead atoms. The van der Waals surface area contributed by atoms with E-state index in [9.17, 15) is 4.79 Å². The van der Waals surface area contributed by atoms with Crippen LogP contribution >= 0.6 is 11.8 Å². The second kappa shape index (κ2) is 8.09. The Labute approximate surface area is 156 Å². The topological polar surface area (TPSA) is 29.1 Å². The van der Waals surface area contributed by atoms with E-state index in [0.717, 1.165) is 10.5 Å². The van der Waals surface area contributed by atoms with Crippen molar-refractivity contribution in [1.29, 1.82) is 0 Å². The molecule has 0 aliphatic carbocycles. The molecule has 2 atom stereocenters. The summed E-state index contributed by atoms with van der Waals surface area (Å²) >= 11 is 1.59. The maximum Gasteiger partial charge on any atom is 0.233 e. The number of nitrogens with one attached hydrogen (secondary N) is 1. The quantitative estimate of drug-likeness (QED) is 0.702.